The molecule has 0 spiro atoms. The molecular formula is C33H40BrN3O6S. The lowest BCUT2D eigenvalue weighted by molar-refractivity contribution is -0.139. The largest absolute Gasteiger partial charge is 0.497 e. The number of benzene rings is 3. The molecule has 0 unspecified atom stereocenters. The van der Waals surface area contributed by atoms with E-state index in [2.05, 4.69) is 21.2 Å². The number of halogens is 1. The van der Waals surface area contributed by atoms with E-state index in [9.17, 15) is 18.0 Å². The van der Waals surface area contributed by atoms with Gasteiger partial charge in [0.15, 0.2) is 0 Å². The molecule has 236 valence electrons. The zero-order valence-electron chi connectivity index (χ0n) is 25.4. The second-order valence-corrected chi connectivity index (χ2v) is 13.6. The summed E-state index contributed by atoms with van der Waals surface area (Å²) < 4.78 is 40.8. The fourth-order valence-electron chi connectivity index (χ4n) is 5.26. The summed E-state index contributed by atoms with van der Waals surface area (Å²) in [4.78, 5) is 29.2. The number of amides is 2. The van der Waals surface area contributed by atoms with Gasteiger partial charge in [-0.05, 0) is 92.9 Å². The van der Waals surface area contributed by atoms with Gasteiger partial charge >= 0.3 is 0 Å². The van der Waals surface area contributed by atoms with Crippen molar-refractivity contribution in [1.82, 2.24) is 10.2 Å². The Hall–Kier alpha value is -3.57. The highest BCUT2D eigenvalue weighted by Gasteiger charge is 2.33. The summed E-state index contributed by atoms with van der Waals surface area (Å²) >= 11 is 3.35. The Balaban J connectivity index is 1.69. The van der Waals surface area contributed by atoms with Gasteiger partial charge in [0.1, 0.15) is 24.1 Å². The monoisotopic (exact) mass is 685 g/mol. The fraction of sp³-hybridized carbons (Fsp3) is 0.394. The van der Waals surface area contributed by atoms with Crippen LogP contribution in [0.1, 0.15) is 51.5 Å². The molecule has 1 N–H and O–H groups in total. The van der Waals surface area contributed by atoms with Gasteiger partial charge in [-0.3, -0.25) is 13.9 Å². The molecule has 1 fully saturated rings. The molecule has 0 radical (unpaired) electrons. The van der Waals surface area contributed by atoms with Crippen molar-refractivity contribution in [1.29, 1.82) is 0 Å². The molecular weight excluding hydrogens is 646 g/mol. The first-order chi connectivity index (χ1) is 21.1. The van der Waals surface area contributed by atoms with E-state index in [4.69, 9.17) is 9.47 Å². The molecule has 1 aliphatic carbocycles. The van der Waals surface area contributed by atoms with E-state index >= 15 is 0 Å². The highest BCUT2D eigenvalue weighted by molar-refractivity contribution is 9.10. The van der Waals surface area contributed by atoms with Crippen molar-refractivity contribution in [3.8, 4) is 11.5 Å². The lowest BCUT2D eigenvalue weighted by Gasteiger charge is -2.33. The van der Waals surface area contributed by atoms with Gasteiger partial charge in [0.25, 0.3) is 10.0 Å². The molecule has 0 saturated heterocycles. The summed E-state index contributed by atoms with van der Waals surface area (Å²) in [5.74, 6) is 0.407. The maximum Gasteiger partial charge on any atom is 0.264 e. The van der Waals surface area contributed by atoms with E-state index in [-0.39, 0.29) is 23.4 Å². The number of sulfonamides is 1. The van der Waals surface area contributed by atoms with E-state index in [1.165, 1.54) is 17.0 Å². The van der Waals surface area contributed by atoms with Crippen molar-refractivity contribution < 1.29 is 27.5 Å². The summed E-state index contributed by atoms with van der Waals surface area (Å²) in [5, 5.41) is 3.12. The highest BCUT2D eigenvalue weighted by Crippen LogP contribution is 2.28. The first-order valence-electron chi connectivity index (χ1n) is 14.9. The Morgan fingerprint density at radius 1 is 0.977 bits per heavy atom. The molecule has 1 atom stereocenters. The SMILES string of the molecule is CCOc1ccc(N(CC(=O)N(Cc2cccc(OC)c2)[C@@H](C)C(=O)NC2CCCCC2)S(=O)(=O)c2ccc(Br)cc2)cc1. The van der Waals surface area contributed by atoms with Crippen LogP contribution < -0.4 is 19.1 Å². The minimum Gasteiger partial charge on any atom is -0.497 e. The molecule has 11 heteroatoms. The van der Waals surface area contributed by atoms with Crippen molar-refractivity contribution in [2.45, 2.75) is 69.5 Å². The van der Waals surface area contributed by atoms with E-state index in [0.717, 1.165) is 46.4 Å². The Bertz CT molecular complexity index is 1510. The molecule has 3 aromatic carbocycles. The molecule has 44 heavy (non-hydrogen) atoms. The number of hydrogen-bond donors (Lipinski definition) is 1. The van der Waals surface area contributed by atoms with Crippen molar-refractivity contribution in [2.75, 3.05) is 24.6 Å². The Labute approximate surface area is 268 Å². The lowest BCUT2D eigenvalue weighted by Crippen LogP contribution is -2.53. The highest BCUT2D eigenvalue weighted by atomic mass is 79.9. The fourth-order valence-corrected chi connectivity index (χ4v) is 6.94. The number of anilines is 1. The van der Waals surface area contributed by atoms with Crippen LogP contribution in [0.25, 0.3) is 0 Å². The zero-order valence-corrected chi connectivity index (χ0v) is 27.8. The third-order valence-corrected chi connectivity index (χ3v) is 10.0. The maximum absolute atomic E-state index is 14.2. The lowest BCUT2D eigenvalue weighted by atomic mass is 9.95. The van der Waals surface area contributed by atoms with Crippen LogP contribution in [0.4, 0.5) is 5.69 Å². The number of methoxy groups -OCH3 is 1. The van der Waals surface area contributed by atoms with Gasteiger partial charge in [-0.2, -0.15) is 0 Å². The normalized spacial score (nSPS) is 14.4. The number of nitrogens with zero attached hydrogens (tertiary/aromatic N) is 2. The first kappa shape index (κ1) is 33.3. The minimum atomic E-state index is -4.17. The van der Waals surface area contributed by atoms with Gasteiger partial charge < -0.3 is 19.7 Å². The second-order valence-electron chi connectivity index (χ2n) is 10.8. The average molecular weight is 687 g/mol. The summed E-state index contributed by atoms with van der Waals surface area (Å²) in [6.07, 6.45) is 5.06. The first-order valence-corrected chi connectivity index (χ1v) is 17.1. The number of ether oxygens (including phenoxy) is 2. The van der Waals surface area contributed by atoms with Gasteiger partial charge in [0.2, 0.25) is 11.8 Å². The minimum absolute atomic E-state index is 0.0322. The third kappa shape index (κ3) is 8.53. The number of carbonyl (C=O) groups is 2. The van der Waals surface area contributed by atoms with Crippen LogP contribution in [0.3, 0.4) is 0 Å². The van der Waals surface area contributed by atoms with Crippen LogP contribution in [-0.2, 0) is 26.2 Å². The molecule has 9 nitrogen and oxygen atoms in total. The van der Waals surface area contributed by atoms with Crippen LogP contribution in [0, 0.1) is 0 Å². The average Bonchev–Trinajstić information content (AvgIpc) is 3.03. The van der Waals surface area contributed by atoms with Gasteiger partial charge in [-0.1, -0.05) is 47.3 Å². The number of hydrogen-bond acceptors (Lipinski definition) is 6. The van der Waals surface area contributed by atoms with Gasteiger partial charge in [0.05, 0.1) is 24.3 Å². The topological polar surface area (TPSA) is 105 Å². The Morgan fingerprint density at radius 3 is 2.30 bits per heavy atom. The zero-order chi connectivity index (χ0) is 31.7. The van der Waals surface area contributed by atoms with Crippen LogP contribution in [-0.4, -0.2) is 57.5 Å². The number of carbonyl (C=O) groups excluding carboxylic acids is 2. The maximum atomic E-state index is 14.2. The predicted molar refractivity (Wildman–Crippen MR) is 174 cm³/mol. The molecule has 0 bridgehead atoms. The molecule has 0 aliphatic heterocycles. The van der Waals surface area contributed by atoms with Crippen molar-refractivity contribution >= 4 is 43.5 Å². The van der Waals surface area contributed by atoms with Gasteiger partial charge in [0, 0.05) is 17.1 Å². The molecule has 4 rings (SSSR count). The summed E-state index contributed by atoms with van der Waals surface area (Å²) in [6.45, 7) is 3.57. The van der Waals surface area contributed by atoms with Crippen LogP contribution in [0.2, 0.25) is 0 Å². The number of rotatable bonds is 13. The Morgan fingerprint density at radius 2 is 1.66 bits per heavy atom. The molecule has 0 aromatic heterocycles. The van der Waals surface area contributed by atoms with Crippen LogP contribution in [0.15, 0.2) is 82.2 Å². The molecule has 3 aromatic rings. The van der Waals surface area contributed by atoms with E-state index in [0.29, 0.717) is 23.8 Å². The van der Waals surface area contributed by atoms with E-state index in [1.807, 2.05) is 19.1 Å². The van der Waals surface area contributed by atoms with Crippen LogP contribution in [0.5, 0.6) is 11.5 Å². The van der Waals surface area contributed by atoms with Crippen molar-refractivity contribution in [3.05, 3.63) is 82.8 Å². The molecule has 2 amide bonds. The molecule has 1 saturated carbocycles. The predicted octanol–water partition coefficient (Wildman–Crippen LogP) is 5.92. The van der Waals surface area contributed by atoms with Gasteiger partial charge in [-0.25, -0.2) is 8.42 Å². The second kappa shape index (κ2) is 15.4. The Kier molecular flexibility index (Phi) is 11.7. The van der Waals surface area contributed by atoms with E-state index < -0.39 is 28.5 Å². The molecule has 0 heterocycles. The van der Waals surface area contributed by atoms with Gasteiger partial charge in [-0.15, -0.1) is 0 Å². The third-order valence-electron chi connectivity index (χ3n) is 7.72. The quantitative estimate of drug-likeness (QED) is 0.240. The summed E-state index contributed by atoms with van der Waals surface area (Å²) in [7, 11) is -2.61. The summed E-state index contributed by atoms with van der Waals surface area (Å²) in [5.41, 5.74) is 1.05. The smallest absolute Gasteiger partial charge is 0.264 e. The standard InChI is InChI=1S/C33H40BrN3O6S/c1-4-43-29-17-15-28(16-18-29)37(44(40,41)31-19-13-26(34)14-20-31)23-32(38)36(22-25-9-8-12-30(21-25)42-3)24(2)33(39)35-27-10-6-5-7-11-27/h8-9,12-21,24,27H,4-7,10-11,22-23H2,1-3H3,(H,35,39)/t24-/m0/s1. The molecule has 1 aliphatic rings. The van der Waals surface area contributed by atoms with E-state index in [1.54, 1.807) is 62.6 Å². The van der Waals surface area contributed by atoms with Crippen molar-refractivity contribution in [2.24, 2.45) is 0 Å². The number of nitrogens with one attached hydrogen (secondary N) is 1. The summed E-state index contributed by atoms with van der Waals surface area (Å²) in [6, 6.07) is 19.3. The van der Waals surface area contributed by atoms with Crippen LogP contribution >= 0.6 is 15.9 Å². The van der Waals surface area contributed by atoms with Crippen molar-refractivity contribution in [3.63, 3.8) is 0 Å².